The number of aromatic nitrogens is 3. The van der Waals surface area contributed by atoms with E-state index in [1.807, 2.05) is 0 Å². The van der Waals surface area contributed by atoms with Gasteiger partial charge in [-0.25, -0.2) is 0 Å². The Labute approximate surface area is 107 Å². The summed E-state index contributed by atoms with van der Waals surface area (Å²) in [6, 6.07) is 0. The van der Waals surface area contributed by atoms with E-state index in [1.54, 1.807) is 0 Å². The Balaban J connectivity index is 2.04. The Morgan fingerprint density at radius 1 is 1.53 bits per heavy atom. The predicted molar refractivity (Wildman–Crippen MR) is 68.6 cm³/mol. The number of likely N-dealkylation sites (N-methyl/N-ethyl adjacent to an activating group) is 1. The van der Waals surface area contributed by atoms with E-state index in [2.05, 4.69) is 33.5 Å². The lowest BCUT2D eigenvalue weighted by molar-refractivity contribution is -0.0348. The summed E-state index contributed by atoms with van der Waals surface area (Å²) in [4.78, 5) is 2.41. The van der Waals surface area contributed by atoms with Gasteiger partial charge in [0.05, 0.1) is 19.3 Å². The maximum Gasteiger partial charge on any atom is 0.195 e. The van der Waals surface area contributed by atoms with E-state index in [0.29, 0.717) is 4.77 Å². The first kappa shape index (κ1) is 12.7. The number of aromatic amines is 1. The van der Waals surface area contributed by atoms with Crippen molar-refractivity contribution in [2.75, 3.05) is 26.2 Å². The van der Waals surface area contributed by atoms with Gasteiger partial charge in [-0.15, -0.1) is 0 Å². The molecule has 1 fully saturated rings. The number of hydrogen-bond acceptors (Lipinski definition) is 4. The van der Waals surface area contributed by atoms with Crippen LogP contribution in [-0.4, -0.2) is 52.0 Å². The Hall–Kier alpha value is -0.720. The summed E-state index contributed by atoms with van der Waals surface area (Å²) < 4.78 is 8.54. The van der Waals surface area contributed by atoms with E-state index in [-0.39, 0.29) is 6.10 Å². The van der Waals surface area contributed by atoms with Crippen molar-refractivity contribution in [3.05, 3.63) is 10.6 Å². The third-order valence-corrected chi connectivity index (χ3v) is 3.52. The van der Waals surface area contributed by atoms with Gasteiger partial charge in [-0.3, -0.25) is 10.00 Å². The van der Waals surface area contributed by atoms with Crippen LogP contribution in [0.4, 0.5) is 0 Å². The molecule has 1 saturated heterocycles. The van der Waals surface area contributed by atoms with Gasteiger partial charge in [-0.2, -0.15) is 5.10 Å². The normalized spacial score (nSPS) is 21.9. The lowest BCUT2D eigenvalue weighted by Crippen LogP contribution is -2.44. The predicted octanol–water partition coefficient (Wildman–Crippen LogP) is 1.22. The zero-order valence-corrected chi connectivity index (χ0v) is 11.3. The highest BCUT2D eigenvalue weighted by molar-refractivity contribution is 7.71. The number of H-pyrrole nitrogens is 1. The van der Waals surface area contributed by atoms with Gasteiger partial charge in [0, 0.05) is 19.5 Å². The molecule has 0 aliphatic carbocycles. The van der Waals surface area contributed by atoms with E-state index in [4.69, 9.17) is 17.0 Å². The summed E-state index contributed by atoms with van der Waals surface area (Å²) in [5.74, 6) is 1.01. The molecule has 2 heterocycles. The van der Waals surface area contributed by atoms with Gasteiger partial charge in [0.15, 0.2) is 4.77 Å². The van der Waals surface area contributed by atoms with Gasteiger partial charge >= 0.3 is 0 Å². The average molecular weight is 256 g/mol. The Morgan fingerprint density at radius 2 is 2.35 bits per heavy atom. The molecule has 5 nitrogen and oxygen atoms in total. The lowest BCUT2D eigenvalue weighted by atomic mass is 10.2. The molecule has 1 aliphatic rings. The number of hydrogen-bond donors (Lipinski definition) is 1. The maximum atomic E-state index is 5.79. The topological polar surface area (TPSA) is 46.1 Å². The number of nitrogens with zero attached hydrogens (tertiary/aromatic N) is 3. The second-order valence-corrected chi connectivity index (χ2v) is 4.68. The molecule has 0 bridgehead atoms. The monoisotopic (exact) mass is 256 g/mol. The summed E-state index contributed by atoms with van der Waals surface area (Å²) in [5, 5.41) is 7.07. The quantitative estimate of drug-likeness (QED) is 0.823. The highest BCUT2D eigenvalue weighted by Crippen LogP contribution is 2.09. The van der Waals surface area contributed by atoms with Crippen molar-refractivity contribution in [3.63, 3.8) is 0 Å². The molecule has 0 spiro atoms. The average Bonchev–Trinajstić information content (AvgIpc) is 2.71. The van der Waals surface area contributed by atoms with Gasteiger partial charge in [0.25, 0.3) is 0 Å². The van der Waals surface area contributed by atoms with Crippen molar-refractivity contribution in [1.82, 2.24) is 19.7 Å². The van der Waals surface area contributed by atoms with Crippen LogP contribution >= 0.6 is 12.2 Å². The molecular formula is C11H20N4OS. The molecule has 1 N–H and O–H groups in total. The molecule has 1 aromatic heterocycles. The molecule has 1 aliphatic heterocycles. The van der Waals surface area contributed by atoms with Crippen molar-refractivity contribution < 1.29 is 4.74 Å². The van der Waals surface area contributed by atoms with Gasteiger partial charge < -0.3 is 9.30 Å². The molecule has 0 saturated carbocycles. The Bertz CT molecular complexity index is 414. The fraction of sp³-hybridized carbons (Fsp3) is 0.818. The molecule has 0 aromatic carbocycles. The Morgan fingerprint density at radius 3 is 3.06 bits per heavy atom. The van der Waals surface area contributed by atoms with E-state index in [9.17, 15) is 0 Å². The van der Waals surface area contributed by atoms with E-state index in [0.717, 1.165) is 45.0 Å². The van der Waals surface area contributed by atoms with E-state index >= 15 is 0 Å². The van der Waals surface area contributed by atoms with Crippen LogP contribution < -0.4 is 0 Å². The molecule has 17 heavy (non-hydrogen) atoms. The fourth-order valence-electron chi connectivity index (χ4n) is 2.19. The van der Waals surface area contributed by atoms with E-state index in [1.165, 1.54) is 0 Å². The van der Waals surface area contributed by atoms with Crippen LogP contribution in [-0.2, 0) is 17.7 Å². The summed E-state index contributed by atoms with van der Waals surface area (Å²) in [6.45, 7) is 8.97. The summed E-state index contributed by atoms with van der Waals surface area (Å²) in [5.41, 5.74) is 0. The molecule has 6 heteroatoms. The number of nitrogens with one attached hydrogen (secondary N) is 1. The molecule has 1 unspecified atom stereocenters. The van der Waals surface area contributed by atoms with E-state index < -0.39 is 0 Å². The number of aryl methyl sites for hydroxylation is 1. The van der Waals surface area contributed by atoms with Crippen molar-refractivity contribution in [2.45, 2.75) is 32.9 Å². The number of morpholine rings is 1. The smallest absolute Gasteiger partial charge is 0.195 e. The first-order chi connectivity index (χ1) is 8.24. The largest absolute Gasteiger partial charge is 0.374 e. The molecule has 1 aromatic rings. The second-order valence-electron chi connectivity index (χ2n) is 4.30. The van der Waals surface area contributed by atoms with Crippen molar-refractivity contribution in [1.29, 1.82) is 0 Å². The van der Waals surface area contributed by atoms with Crippen LogP contribution in [0, 0.1) is 4.77 Å². The Kier molecular flexibility index (Phi) is 4.31. The highest BCUT2D eigenvalue weighted by atomic mass is 32.1. The van der Waals surface area contributed by atoms with Crippen molar-refractivity contribution in [2.24, 2.45) is 0 Å². The molecule has 0 amide bonds. The van der Waals surface area contributed by atoms with Crippen LogP contribution in [0.1, 0.15) is 19.7 Å². The first-order valence-corrected chi connectivity index (χ1v) is 6.63. The van der Waals surface area contributed by atoms with Crippen LogP contribution in [0.25, 0.3) is 0 Å². The molecule has 1 atom stereocenters. The zero-order valence-electron chi connectivity index (χ0n) is 10.5. The van der Waals surface area contributed by atoms with Gasteiger partial charge in [-0.1, -0.05) is 13.8 Å². The van der Waals surface area contributed by atoms with Crippen LogP contribution in [0.2, 0.25) is 0 Å². The number of rotatable bonds is 4. The third-order valence-electron chi connectivity index (χ3n) is 3.21. The SMILES string of the molecule is CCc1n[nH]c(=S)n1CC1CN(CC)CCO1. The number of ether oxygens (including phenoxy) is 1. The highest BCUT2D eigenvalue weighted by Gasteiger charge is 2.20. The summed E-state index contributed by atoms with van der Waals surface area (Å²) in [6.07, 6.45) is 1.11. The standard InChI is InChI=1S/C11H20N4OS/c1-3-10-12-13-11(17)15(10)8-9-7-14(4-2)5-6-16-9/h9H,3-8H2,1-2H3,(H,13,17). The fourth-order valence-corrected chi connectivity index (χ4v) is 2.42. The third kappa shape index (κ3) is 2.94. The van der Waals surface area contributed by atoms with Crippen LogP contribution in [0.5, 0.6) is 0 Å². The zero-order chi connectivity index (χ0) is 12.3. The van der Waals surface area contributed by atoms with Crippen molar-refractivity contribution >= 4 is 12.2 Å². The lowest BCUT2D eigenvalue weighted by Gasteiger charge is -2.32. The summed E-state index contributed by atoms with van der Waals surface area (Å²) >= 11 is 5.24. The summed E-state index contributed by atoms with van der Waals surface area (Å²) in [7, 11) is 0. The van der Waals surface area contributed by atoms with Crippen molar-refractivity contribution in [3.8, 4) is 0 Å². The first-order valence-electron chi connectivity index (χ1n) is 6.22. The molecule has 0 radical (unpaired) electrons. The molecular weight excluding hydrogens is 236 g/mol. The van der Waals surface area contributed by atoms with Crippen LogP contribution in [0.15, 0.2) is 0 Å². The molecule has 2 rings (SSSR count). The maximum absolute atomic E-state index is 5.79. The minimum atomic E-state index is 0.221. The minimum Gasteiger partial charge on any atom is -0.374 e. The van der Waals surface area contributed by atoms with Gasteiger partial charge in [-0.05, 0) is 18.8 Å². The molecule has 96 valence electrons. The van der Waals surface area contributed by atoms with Crippen LogP contribution in [0.3, 0.4) is 0 Å². The van der Waals surface area contributed by atoms with Gasteiger partial charge in [0.1, 0.15) is 5.82 Å². The second kappa shape index (κ2) is 5.75. The minimum absolute atomic E-state index is 0.221. The van der Waals surface area contributed by atoms with Gasteiger partial charge in [0.2, 0.25) is 0 Å².